The zero-order valence-corrected chi connectivity index (χ0v) is 15.9. The highest BCUT2D eigenvalue weighted by atomic mass is 79.9. The number of carbonyl (C=O) groups excluding carboxylic acids is 2. The van der Waals surface area contributed by atoms with Crippen molar-refractivity contribution in [2.75, 3.05) is 6.61 Å². The van der Waals surface area contributed by atoms with Gasteiger partial charge in [0.05, 0.1) is 0 Å². The normalized spacial score (nSPS) is 9.84. The van der Waals surface area contributed by atoms with Crippen LogP contribution in [0.1, 0.15) is 10.4 Å². The molecule has 3 N–H and O–H groups in total. The average molecular weight is 443 g/mol. The first-order valence-electron chi connectivity index (χ1n) is 6.98. The molecule has 0 unspecified atom stereocenters. The largest absolute Gasteiger partial charge is 0.484 e. The smallest absolute Gasteiger partial charge is 0.276 e. The van der Waals surface area contributed by atoms with Gasteiger partial charge in [-0.1, -0.05) is 27.5 Å². The van der Waals surface area contributed by atoms with Crippen LogP contribution in [0.2, 0.25) is 5.02 Å². The van der Waals surface area contributed by atoms with Crippen LogP contribution in [0.25, 0.3) is 0 Å². The number of amides is 2. The average Bonchev–Trinajstić information content (AvgIpc) is 2.60. The molecule has 0 saturated heterocycles. The summed E-state index contributed by atoms with van der Waals surface area (Å²) < 4.78 is 6.13. The second-order valence-corrected chi connectivity index (χ2v) is 6.47. The van der Waals surface area contributed by atoms with Crippen molar-refractivity contribution in [3.05, 3.63) is 63.6 Å². The van der Waals surface area contributed by atoms with Gasteiger partial charge in [-0.05, 0) is 60.7 Å². The van der Waals surface area contributed by atoms with Gasteiger partial charge in [0.15, 0.2) is 11.7 Å². The van der Waals surface area contributed by atoms with Crippen LogP contribution >= 0.6 is 39.7 Å². The van der Waals surface area contributed by atoms with Crippen molar-refractivity contribution in [1.29, 1.82) is 0 Å². The Morgan fingerprint density at radius 2 is 1.68 bits per heavy atom. The van der Waals surface area contributed by atoms with E-state index in [1.807, 2.05) is 0 Å². The summed E-state index contributed by atoms with van der Waals surface area (Å²) in [5, 5.41) is 2.99. The maximum atomic E-state index is 11.9. The fourth-order valence-electron chi connectivity index (χ4n) is 1.65. The van der Waals surface area contributed by atoms with E-state index in [0.29, 0.717) is 16.3 Å². The summed E-state index contributed by atoms with van der Waals surface area (Å²) >= 11 is 14.0. The number of hydrogen-bond acceptors (Lipinski definition) is 4. The number of hydrazine groups is 1. The van der Waals surface area contributed by atoms with E-state index in [1.165, 1.54) is 0 Å². The van der Waals surface area contributed by atoms with E-state index in [4.69, 9.17) is 28.6 Å². The molecule has 2 aromatic carbocycles. The second kappa shape index (κ2) is 9.36. The van der Waals surface area contributed by atoms with Crippen LogP contribution in [0.3, 0.4) is 0 Å². The highest BCUT2D eigenvalue weighted by molar-refractivity contribution is 9.10. The number of rotatable bonds is 4. The Bertz CT molecular complexity index is 769. The Kier molecular flexibility index (Phi) is 7.17. The third kappa shape index (κ3) is 6.69. The molecule has 0 aliphatic carbocycles. The molecular weight excluding hydrogens is 430 g/mol. The van der Waals surface area contributed by atoms with E-state index < -0.39 is 11.8 Å². The maximum Gasteiger partial charge on any atom is 0.276 e. The predicted octanol–water partition coefficient (Wildman–Crippen LogP) is 2.82. The quantitative estimate of drug-likeness (QED) is 0.501. The summed E-state index contributed by atoms with van der Waals surface area (Å²) in [6, 6.07) is 13.3. The molecule has 0 atom stereocenters. The van der Waals surface area contributed by atoms with Gasteiger partial charge in [0.2, 0.25) is 0 Å². The van der Waals surface area contributed by atoms with Crippen LogP contribution in [0.5, 0.6) is 5.75 Å². The number of halogens is 2. The first-order chi connectivity index (χ1) is 11.9. The summed E-state index contributed by atoms with van der Waals surface area (Å²) in [5.41, 5.74) is 5.19. The highest BCUT2D eigenvalue weighted by Crippen LogP contribution is 2.15. The Morgan fingerprint density at radius 3 is 2.32 bits per heavy atom. The Hall–Kier alpha value is -2.16. The van der Waals surface area contributed by atoms with Gasteiger partial charge < -0.3 is 4.74 Å². The number of thiocarbonyl (C=S) groups is 1. The van der Waals surface area contributed by atoms with Gasteiger partial charge in [-0.3, -0.25) is 25.8 Å². The molecule has 9 heteroatoms. The van der Waals surface area contributed by atoms with E-state index in [0.717, 1.165) is 4.47 Å². The van der Waals surface area contributed by atoms with E-state index in [9.17, 15) is 9.59 Å². The van der Waals surface area contributed by atoms with Gasteiger partial charge in [-0.15, -0.1) is 0 Å². The zero-order valence-electron chi connectivity index (χ0n) is 12.7. The molecular formula is C16H13BrClN3O3S. The first-order valence-corrected chi connectivity index (χ1v) is 8.56. The van der Waals surface area contributed by atoms with Crippen molar-refractivity contribution in [2.45, 2.75) is 0 Å². The molecule has 0 saturated carbocycles. The van der Waals surface area contributed by atoms with Crippen LogP contribution in [-0.2, 0) is 4.79 Å². The van der Waals surface area contributed by atoms with Gasteiger partial charge in [0.25, 0.3) is 11.8 Å². The lowest BCUT2D eigenvalue weighted by atomic mass is 10.2. The molecule has 0 fully saturated rings. The molecule has 2 amide bonds. The second-order valence-electron chi connectivity index (χ2n) is 4.71. The Labute approximate surface area is 163 Å². The van der Waals surface area contributed by atoms with E-state index in [1.54, 1.807) is 48.5 Å². The molecule has 130 valence electrons. The van der Waals surface area contributed by atoms with Gasteiger partial charge in [0.1, 0.15) is 5.75 Å². The van der Waals surface area contributed by atoms with E-state index in [-0.39, 0.29) is 11.7 Å². The number of hydrogen-bond donors (Lipinski definition) is 3. The van der Waals surface area contributed by atoms with Crippen LogP contribution in [0, 0.1) is 0 Å². The van der Waals surface area contributed by atoms with Crippen LogP contribution in [0.4, 0.5) is 0 Å². The van der Waals surface area contributed by atoms with Crippen molar-refractivity contribution in [2.24, 2.45) is 0 Å². The molecule has 0 spiro atoms. The highest BCUT2D eigenvalue weighted by Gasteiger charge is 2.08. The Balaban J connectivity index is 1.71. The molecule has 0 aromatic heterocycles. The van der Waals surface area contributed by atoms with Crippen molar-refractivity contribution in [3.8, 4) is 5.75 Å². The van der Waals surface area contributed by atoms with Crippen LogP contribution in [0.15, 0.2) is 53.0 Å². The topological polar surface area (TPSA) is 79.5 Å². The van der Waals surface area contributed by atoms with Crippen LogP contribution < -0.4 is 20.9 Å². The molecule has 2 rings (SSSR count). The van der Waals surface area contributed by atoms with Gasteiger partial charge in [-0.2, -0.15) is 0 Å². The molecule has 0 radical (unpaired) electrons. The summed E-state index contributed by atoms with van der Waals surface area (Å²) in [5.74, 6) is -0.350. The number of benzene rings is 2. The van der Waals surface area contributed by atoms with Crippen molar-refractivity contribution >= 4 is 56.7 Å². The van der Waals surface area contributed by atoms with Crippen LogP contribution in [-0.4, -0.2) is 23.5 Å². The summed E-state index contributed by atoms with van der Waals surface area (Å²) in [7, 11) is 0. The van der Waals surface area contributed by atoms with Gasteiger partial charge in [-0.25, -0.2) is 0 Å². The van der Waals surface area contributed by atoms with Crippen molar-refractivity contribution in [3.63, 3.8) is 0 Å². The minimum absolute atomic E-state index is 0.0345. The van der Waals surface area contributed by atoms with Crippen molar-refractivity contribution in [1.82, 2.24) is 16.2 Å². The first kappa shape index (κ1) is 19.2. The fourth-order valence-corrected chi connectivity index (χ4v) is 2.18. The molecule has 0 heterocycles. The van der Waals surface area contributed by atoms with E-state index in [2.05, 4.69) is 32.1 Å². The molecule has 0 aliphatic rings. The molecule has 6 nitrogen and oxygen atoms in total. The minimum Gasteiger partial charge on any atom is -0.484 e. The SMILES string of the molecule is O=C(COc1ccc(Cl)cc1)NNC(=S)NC(=O)c1ccc(Br)cc1. The monoisotopic (exact) mass is 441 g/mol. The summed E-state index contributed by atoms with van der Waals surface area (Å²) in [4.78, 5) is 23.6. The third-order valence-corrected chi connectivity index (χ3v) is 3.82. The van der Waals surface area contributed by atoms with E-state index >= 15 is 0 Å². The lowest BCUT2D eigenvalue weighted by Gasteiger charge is -2.11. The third-order valence-electron chi connectivity index (χ3n) is 2.83. The molecule has 0 bridgehead atoms. The number of ether oxygens (including phenoxy) is 1. The standard InChI is InChI=1S/C16H13BrClN3O3S/c17-11-3-1-10(2-4-11)15(23)19-16(25)21-20-14(22)9-24-13-7-5-12(18)6-8-13/h1-8H,9H2,(H,20,22)(H2,19,21,23,25). The molecule has 25 heavy (non-hydrogen) atoms. The lowest BCUT2D eigenvalue weighted by Crippen LogP contribution is -2.49. The number of carbonyl (C=O) groups is 2. The zero-order chi connectivity index (χ0) is 18.2. The summed E-state index contributed by atoms with van der Waals surface area (Å²) in [6.45, 7) is -0.224. The van der Waals surface area contributed by atoms with Gasteiger partial charge in [0, 0.05) is 15.1 Å². The molecule has 0 aliphatic heterocycles. The predicted molar refractivity (Wildman–Crippen MR) is 102 cm³/mol. The van der Waals surface area contributed by atoms with Crippen molar-refractivity contribution < 1.29 is 14.3 Å². The van der Waals surface area contributed by atoms with Gasteiger partial charge >= 0.3 is 0 Å². The fraction of sp³-hybridized carbons (Fsp3) is 0.0625. The Morgan fingerprint density at radius 1 is 1.04 bits per heavy atom. The number of nitrogens with one attached hydrogen (secondary N) is 3. The molecule has 2 aromatic rings. The minimum atomic E-state index is -0.463. The lowest BCUT2D eigenvalue weighted by molar-refractivity contribution is -0.123. The summed E-state index contributed by atoms with van der Waals surface area (Å²) in [6.07, 6.45) is 0. The maximum absolute atomic E-state index is 11.9.